The highest BCUT2D eigenvalue weighted by Gasteiger charge is 2.39. The predicted molar refractivity (Wildman–Crippen MR) is 196 cm³/mol. The quantitative estimate of drug-likeness (QED) is 0.137. The highest BCUT2D eigenvalue weighted by Crippen LogP contribution is 2.35. The monoisotopic (exact) mass is 692 g/mol. The molecule has 0 bridgehead atoms. The first-order chi connectivity index (χ1) is 23.0. The van der Waals surface area contributed by atoms with E-state index in [1.807, 2.05) is 67.6 Å². The fourth-order valence-electron chi connectivity index (χ4n) is 5.58. The Morgan fingerprint density at radius 1 is 1.02 bits per heavy atom. The van der Waals surface area contributed by atoms with E-state index in [4.69, 9.17) is 10.7 Å². The van der Waals surface area contributed by atoms with Crippen LogP contribution in [0, 0.1) is 0 Å². The zero-order valence-electron chi connectivity index (χ0n) is 28.3. The van der Waals surface area contributed by atoms with Gasteiger partial charge < -0.3 is 26.6 Å². The zero-order chi connectivity index (χ0) is 34.7. The largest absolute Gasteiger partial charge is 0.354 e. The summed E-state index contributed by atoms with van der Waals surface area (Å²) in [6.45, 7) is 9.44. The molecule has 2 heterocycles. The van der Waals surface area contributed by atoms with Crippen molar-refractivity contribution in [2.75, 3.05) is 25.4 Å². The number of hydrogen-bond acceptors (Lipinski definition) is 8. The van der Waals surface area contributed by atoms with Crippen LogP contribution < -0.4 is 21.7 Å². The van der Waals surface area contributed by atoms with Gasteiger partial charge in [-0.15, -0.1) is 0 Å². The number of benzene rings is 2. The van der Waals surface area contributed by atoms with Crippen LogP contribution in [-0.2, 0) is 27.2 Å². The first-order valence-corrected chi connectivity index (χ1v) is 18.9. The van der Waals surface area contributed by atoms with Gasteiger partial charge in [0.2, 0.25) is 17.7 Å². The van der Waals surface area contributed by atoms with E-state index >= 15 is 0 Å². The van der Waals surface area contributed by atoms with E-state index in [0.29, 0.717) is 68.7 Å². The summed E-state index contributed by atoms with van der Waals surface area (Å²) >= 11 is 0. The molecule has 258 valence electrons. The minimum absolute atomic E-state index is 0.0610. The summed E-state index contributed by atoms with van der Waals surface area (Å²) in [5.41, 5.74) is 8.40. The number of likely N-dealkylation sites (tertiary alicyclic amines) is 1. The van der Waals surface area contributed by atoms with Gasteiger partial charge in [0.15, 0.2) is 0 Å². The molecule has 1 aliphatic heterocycles. The number of fused-ring (bicyclic) bond motifs is 1. The van der Waals surface area contributed by atoms with Gasteiger partial charge in [-0.3, -0.25) is 24.2 Å². The van der Waals surface area contributed by atoms with Gasteiger partial charge in [-0.1, -0.05) is 97.8 Å². The molecule has 1 saturated heterocycles. The standard InChI is InChI=1S/C36H48N6O4S2/c1-5-27-26(22-25-15-9-10-16-28(25)39-27)32(43)41-30(23-47-48-36(2,3)4)35(46)42-20-11-17-31(42)34(45)40-29(33(44)38-19-12-18-37)21-24-13-7-6-8-14-24/h6-10,13-16,22,29-31H,5,11-12,17-21,23,37H2,1-4H3,(H,38,44)(H,40,45)(H,41,43)/t29-,30+,31-/m0/s1. The number of nitrogens with zero attached hydrogens (tertiary/aromatic N) is 2. The number of para-hydroxylation sites is 1. The van der Waals surface area contributed by atoms with Crippen LogP contribution in [0.2, 0.25) is 0 Å². The number of pyridine rings is 1. The number of nitrogens with two attached hydrogens (primary N) is 1. The maximum atomic E-state index is 14.2. The van der Waals surface area contributed by atoms with E-state index in [1.165, 1.54) is 10.8 Å². The molecule has 0 saturated carbocycles. The molecule has 3 aromatic rings. The third kappa shape index (κ3) is 10.4. The lowest BCUT2D eigenvalue weighted by Crippen LogP contribution is -2.57. The highest BCUT2D eigenvalue weighted by atomic mass is 33.1. The minimum atomic E-state index is -0.874. The highest BCUT2D eigenvalue weighted by molar-refractivity contribution is 8.77. The molecule has 0 unspecified atom stereocenters. The van der Waals surface area contributed by atoms with Crippen molar-refractivity contribution >= 4 is 56.1 Å². The lowest BCUT2D eigenvalue weighted by Gasteiger charge is -2.30. The molecule has 0 radical (unpaired) electrons. The Kier molecular flexibility index (Phi) is 13.7. The Hall–Kier alpha value is -3.61. The number of carbonyl (C=O) groups is 4. The van der Waals surface area contributed by atoms with Crippen molar-refractivity contribution in [3.05, 3.63) is 77.5 Å². The minimum Gasteiger partial charge on any atom is -0.354 e. The SMILES string of the molecule is CCc1nc2ccccc2cc1C(=O)N[C@H](CSSC(C)(C)C)C(=O)N1CCC[C@H]1C(=O)N[C@@H](Cc1ccccc1)C(=O)NCCCN. The molecule has 10 nitrogen and oxygen atoms in total. The van der Waals surface area contributed by atoms with Crippen LogP contribution in [0.3, 0.4) is 0 Å². The number of carbonyl (C=O) groups excluding carboxylic acids is 4. The fourth-order valence-corrected chi connectivity index (χ4v) is 8.04. The van der Waals surface area contributed by atoms with Crippen molar-refractivity contribution in [2.45, 2.75) is 82.7 Å². The summed E-state index contributed by atoms with van der Waals surface area (Å²) in [5, 5.41) is 9.66. The molecular formula is C36H48N6O4S2. The molecule has 1 aromatic heterocycles. The van der Waals surface area contributed by atoms with Crippen molar-refractivity contribution in [3.8, 4) is 0 Å². The van der Waals surface area contributed by atoms with Crippen LogP contribution in [0.5, 0.6) is 0 Å². The average Bonchev–Trinajstić information content (AvgIpc) is 3.57. The second-order valence-electron chi connectivity index (χ2n) is 12.9. The second kappa shape index (κ2) is 17.7. The molecule has 12 heteroatoms. The Labute approximate surface area is 291 Å². The molecule has 4 amide bonds. The van der Waals surface area contributed by atoms with Gasteiger partial charge in [0, 0.05) is 35.4 Å². The Balaban J connectivity index is 1.54. The van der Waals surface area contributed by atoms with Crippen LogP contribution in [0.15, 0.2) is 60.7 Å². The van der Waals surface area contributed by atoms with E-state index in [0.717, 1.165) is 16.5 Å². The first kappa shape index (κ1) is 37.2. The number of rotatable bonds is 15. The molecule has 48 heavy (non-hydrogen) atoms. The van der Waals surface area contributed by atoms with Crippen LogP contribution in [0.25, 0.3) is 10.9 Å². The van der Waals surface area contributed by atoms with Crippen LogP contribution in [0.4, 0.5) is 0 Å². The van der Waals surface area contributed by atoms with Crippen molar-refractivity contribution < 1.29 is 19.2 Å². The zero-order valence-corrected chi connectivity index (χ0v) is 29.9. The molecule has 3 atom stereocenters. The van der Waals surface area contributed by atoms with Crippen LogP contribution >= 0.6 is 21.6 Å². The van der Waals surface area contributed by atoms with Crippen molar-refractivity contribution in [1.82, 2.24) is 25.8 Å². The van der Waals surface area contributed by atoms with Gasteiger partial charge in [0.1, 0.15) is 18.1 Å². The maximum Gasteiger partial charge on any atom is 0.253 e. The number of aryl methyl sites for hydroxylation is 1. The Morgan fingerprint density at radius 3 is 2.46 bits per heavy atom. The van der Waals surface area contributed by atoms with Crippen molar-refractivity contribution in [2.24, 2.45) is 5.73 Å². The number of amides is 4. The average molecular weight is 693 g/mol. The molecule has 0 spiro atoms. The summed E-state index contributed by atoms with van der Waals surface area (Å²) in [5.74, 6) is -1.05. The normalized spacial score (nSPS) is 15.9. The topological polar surface area (TPSA) is 147 Å². The Morgan fingerprint density at radius 2 is 1.75 bits per heavy atom. The molecule has 5 N–H and O–H groups in total. The smallest absolute Gasteiger partial charge is 0.253 e. The Bertz CT molecular complexity index is 1570. The van der Waals surface area contributed by atoms with Gasteiger partial charge in [-0.2, -0.15) is 0 Å². The van der Waals surface area contributed by atoms with Crippen LogP contribution in [-0.4, -0.2) is 81.8 Å². The molecule has 4 rings (SSSR count). The van der Waals surface area contributed by atoms with Crippen molar-refractivity contribution in [3.63, 3.8) is 0 Å². The van der Waals surface area contributed by atoms with E-state index in [1.54, 1.807) is 15.7 Å². The van der Waals surface area contributed by atoms with E-state index < -0.39 is 18.1 Å². The molecule has 2 aromatic carbocycles. The van der Waals surface area contributed by atoms with Gasteiger partial charge in [0.25, 0.3) is 5.91 Å². The molecule has 1 fully saturated rings. The first-order valence-electron chi connectivity index (χ1n) is 16.6. The number of hydrogen-bond donors (Lipinski definition) is 4. The molecular weight excluding hydrogens is 645 g/mol. The summed E-state index contributed by atoms with van der Waals surface area (Å²) < 4.78 is -0.0610. The number of nitrogens with one attached hydrogen (secondary N) is 3. The molecule has 0 aliphatic carbocycles. The van der Waals surface area contributed by atoms with E-state index in [2.05, 4.69) is 36.7 Å². The predicted octanol–water partition coefficient (Wildman–Crippen LogP) is 4.26. The second-order valence-corrected chi connectivity index (χ2v) is 16.1. The van der Waals surface area contributed by atoms with Gasteiger partial charge >= 0.3 is 0 Å². The van der Waals surface area contributed by atoms with Gasteiger partial charge in [-0.25, -0.2) is 0 Å². The lowest BCUT2D eigenvalue weighted by molar-refractivity contribution is -0.140. The van der Waals surface area contributed by atoms with E-state index in [9.17, 15) is 19.2 Å². The summed E-state index contributed by atoms with van der Waals surface area (Å²) in [6, 6.07) is 16.5. The van der Waals surface area contributed by atoms with E-state index in [-0.39, 0.29) is 28.4 Å². The summed E-state index contributed by atoms with van der Waals surface area (Å²) in [7, 11) is 3.15. The summed E-state index contributed by atoms with van der Waals surface area (Å²) in [4.78, 5) is 61.3. The summed E-state index contributed by atoms with van der Waals surface area (Å²) in [6.07, 6.45) is 2.58. The fraction of sp³-hybridized carbons (Fsp3) is 0.472. The van der Waals surface area contributed by atoms with Crippen LogP contribution in [0.1, 0.15) is 68.6 Å². The third-order valence-electron chi connectivity index (χ3n) is 7.96. The number of aromatic nitrogens is 1. The third-order valence-corrected chi connectivity index (χ3v) is 11.3. The van der Waals surface area contributed by atoms with Gasteiger partial charge in [0.05, 0.1) is 16.8 Å². The van der Waals surface area contributed by atoms with Gasteiger partial charge in [-0.05, 0) is 49.9 Å². The maximum absolute atomic E-state index is 14.2. The van der Waals surface area contributed by atoms with Crippen molar-refractivity contribution in [1.29, 1.82) is 0 Å². The molecule has 1 aliphatic rings. The lowest BCUT2D eigenvalue weighted by atomic mass is 10.0.